The van der Waals surface area contributed by atoms with Crippen LogP contribution in [0.5, 0.6) is 0 Å². The lowest BCUT2D eigenvalue weighted by Gasteiger charge is -2.36. The van der Waals surface area contributed by atoms with Crippen molar-refractivity contribution in [2.45, 2.75) is 31.9 Å². The van der Waals surface area contributed by atoms with Crippen LogP contribution in [0.1, 0.15) is 18.1 Å². The molecule has 118 valence electrons. The molecule has 1 aromatic rings. The highest BCUT2D eigenvalue weighted by Gasteiger charge is 2.34. The highest BCUT2D eigenvalue weighted by atomic mass is 19.4. The molecule has 4 nitrogen and oxygen atoms in total. The first-order chi connectivity index (χ1) is 9.79. The van der Waals surface area contributed by atoms with E-state index in [4.69, 9.17) is 15.6 Å². The van der Waals surface area contributed by atoms with Crippen LogP contribution in [0.15, 0.2) is 18.2 Å². The second-order valence-corrected chi connectivity index (χ2v) is 5.36. The standard InChI is InChI=1S/C14H19F3N2O2/c1-9-5-19(7-12(8-20)21-9)6-10-2-3-11(18)4-13(10)14(15,16)17/h2-4,9,12,20H,5-8,18H2,1H3. The van der Waals surface area contributed by atoms with Crippen LogP contribution in [0.3, 0.4) is 0 Å². The van der Waals surface area contributed by atoms with Gasteiger partial charge in [-0.3, -0.25) is 4.90 Å². The maximum Gasteiger partial charge on any atom is 0.416 e. The number of anilines is 1. The van der Waals surface area contributed by atoms with Crippen LogP contribution in [-0.2, 0) is 17.5 Å². The van der Waals surface area contributed by atoms with Crippen molar-refractivity contribution in [3.8, 4) is 0 Å². The van der Waals surface area contributed by atoms with E-state index in [9.17, 15) is 13.2 Å². The first-order valence-electron chi connectivity index (χ1n) is 6.74. The third-order valence-corrected chi connectivity index (χ3v) is 3.44. The van der Waals surface area contributed by atoms with Gasteiger partial charge < -0.3 is 15.6 Å². The molecule has 21 heavy (non-hydrogen) atoms. The van der Waals surface area contributed by atoms with Gasteiger partial charge in [0.05, 0.1) is 24.4 Å². The summed E-state index contributed by atoms with van der Waals surface area (Å²) in [6.07, 6.45) is -4.92. The van der Waals surface area contributed by atoms with Crippen molar-refractivity contribution in [3.05, 3.63) is 29.3 Å². The molecule has 1 aliphatic heterocycles. The Morgan fingerprint density at radius 1 is 1.38 bits per heavy atom. The number of halogens is 3. The van der Waals surface area contributed by atoms with Crippen molar-refractivity contribution in [1.82, 2.24) is 4.90 Å². The predicted molar refractivity (Wildman–Crippen MR) is 72.6 cm³/mol. The number of aliphatic hydroxyl groups is 1. The fraction of sp³-hybridized carbons (Fsp3) is 0.571. The molecule has 0 radical (unpaired) electrons. The zero-order chi connectivity index (χ0) is 15.6. The van der Waals surface area contributed by atoms with Crippen LogP contribution in [-0.4, -0.2) is 41.9 Å². The molecule has 0 amide bonds. The Balaban J connectivity index is 2.19. The lowest BCUT2D eigenvalue weighted by molar-refractivity contribution is -0.139. The van der Waals surface area contributed by atoms with Gasteiger partial charge in [-0.2, -0.15) is 13.2 Å². The van der Waals surface area contributed by atoms with Gasteiger partial charge in [-0.25, -0.2) is 0 Å². The molecule has 2 atom stereocenters. The largest absolute Gasteiger partial charge is 0.416 e. The fourth-order valence-corrected chi connectivity index (χ4v) is 2.61. The molecule has 1 fully saturated rings. The minimum atomic E-state index is -4.43. The van der Waals surface area contributed by atoms with E-state index in [2.05, 4.69) is 0 Å². The summed E-state index contributed by atoms with van der Waals surface area (Å²) in [5.74, 6) is 0. The fourth-order valence-electron chi connectivity index (χ4n) is 2.61. The summed E-state index contributed by atoms with van der Waals surface area (Å²) in [4.78, 5) is 1.86. The van der Waals surface area contributed by atoms with Crippen LogP contribution in [0, 0.1) is 0 Å². The summed E-state index contributed by atoms with van der Waals surface area (Å²) < 4.78 is 44.7. The number of hydrogen-bond donors (Lipinski definition) is 2. The van der Waals surface area contributed by atoms with Crippen molar-refractivity contribution in [2.24, 2.45) is 0 Å². The molecule has 0 aliphatic carbocycles. The van der Waals surface area contributed by atoms with E-state index in [0.717, 1.165) is 6.07 Å². The molecule has 0 saturated carbocycles. The number of nitrogens with zero attached hydrogens (tertiary/aromatic N) is 1. The van der Waals surface area contributed by atoms with E-state index in [1.165, 1.54) is 12.1 Å². The van der Waals surface area contributed by atoms with Gasteiger partial charge in [-0.05, 0) is 24.6 Å². The quantitative estimate of drug-likeness (QED) is 0.837. The summed E-state index contributed by atoms with van der Waals surface area (Å²) >= 11 is 0. The van der Waals surface area contributed by atoms with Crippen LogP contribution in [0.25, 0.3) is 0 Å². The van der Waals surface area contributed by atoms with Gasteiger partial charge in [-0.1, -0.05) is 6.07 Å². The predicted octanol–water partition coefficient (Wildman–Crippen LogP) is 1.87. The number of aliphatic hydroxyl groups excluding tert-OH is 1. The normalized spacial score (nSPS) is 24.2. The molecule has 0 spiro atoms. The Morgan fingerprint density at radius 2 is 2.10 bits per heavy atom. The van der Waals surface area contributed by atoms with E-state index in [1.54, 1.807) is 0 Å². The molecular formula is C14H19F3N2O2. The van der Waals surface area contributed by atoms with Gasteiger partial charge in [0, 0.05) is 25.3 Å². The lowest BCUT2D eigenvalue weighted by atomic mass is 10.0. The van der Waals surface area contributed by atoms with E-state index < -0.39 is 11.7 Å². The number of hydrogen-bond acceptors (Lipinski definition) is 4. The number of nitrogen functional groups attached to an aromatic ring is 1. The maximum atomic E-state index is 13.1. The smallest absolute Gasteiger partial charge is 0.399 e. The third kappa shape index (κ3) is 4.09. The first-order valence-corrected chi connectivity index (χ1v) is 6.74. The Morgan fingerprint density at radius 3 is 2.71 bits per heavy atom. The van der Waals surface area contributed by atoms with E-state index in [-0.39, 0.29) is 36.6 Å². The Kier molecular flexibility index (Phi) is 4.75. The van der Waals surface area contributed by atoms with Crippen molar-refractivity contribution >= 4 is 5.69 Å². The highest BCUT2D eigenvalue weighted by molar-refractivity contribution is 5.46. The van der Waals surface area contributed by atoms with Crippen LogP contribution < -0.4 is 5.73 Å². The molecule has 0 aromatic heterocycles. The number of alkyl halides is 3. The van der Waals surface area contributed by atoms with Crippen LogP contribution >= 0.6 is 0 Å². The number of morpholine rings is 1. The monoisotopic (exact) mass is 304 g/mol. The van der Waals surface area contributed by atoms with Crippen molar-refractivity contribution in [3.63, 3.8) is 0 Å². The first kappa shape index (κ1) is 16.1. The zero-order valence-electron chi connectivity index (χ0n) is 11.7. The van der Waals surface area contributed by atoms with E-state index >= 15 is 0 Å². The van der Waals surface area contributed by atoms with Gasteiger partial charge in [0.2, 0.25) is 0 Å². The Labute approximate surface area is 121 Å². The zero-order valence-corrected chi connectivity index (χ0v) is 11.7. The molecular weight excluding hydrogens is 285 g/mol. The number of rotatable bonds is 3. The molecule has 1 heterocycles. The second-order valence-electron chi connectivity index (χ2n) is 5.36. The summed E-state index contributed by atoms with van der Waals surface area (Å²) in [5.41, 5.74) is 5.03. The number of nitrogens with two attached hydrogens (primary N) is 1. The van der Waals surface area contributed by atoms with E-state index in [0.29, 0.717) is 13.1 Å². The number of benzene rings is 1. The minimum absolute atomic E-state index is 0.0923. The van der Waals surface area contributed by atoms with Gasteiger partial charge in [-0.15, -0.1) is 0 Å². The topological polar surface area (TPSA) is 58.7 Å². The Bertz CT molecular complexity index is 494. The molecule has 1 saturated heterocycles. The van der Waals surface area contributed by atoms with Crippen molar-refractivity contribution in [2.75, 3.05) is 25.4 Å². The Hall–Kier alpha value is -1.31. The molecule has 1 aliphatic rings. The van der Waals surface area contributed by atoms with Crippen LogP contribution in [0.4, 0.5) is 18.9 Å². The molecule has 3 N–H and O–H groups in total. The van der Waals surface area contributed by atoms with Gasteiger partial charge in [0.1, 0.15) is 0 Å². The van der Waals surface area contributed by atoms with E-state index in [1.807, 2.05) is 11.8 Å². The average molecular weight is 304 g/mol. The minimum Gasteiger partial charge on any atom is -0.399 e. The third-order valence-electron chi connectivity index (χ3n) is 3.44. The number of ether oxygens (including phenoxy) is 1. The summed E-state index contributed by atoms with van der Waals surface area (Å²) in [5, 5.41) is 9.16. The summed E-state index contributed by atoms with van der Waals surface area (Å²) in [7, 11) is 0. The second kappa shape index (κ2) is 6.21. The SMILES string of the molecule is CC1CN(Cc2ccc(N)cc2C(F)(F)F)CC(CO)O1. The summed E-state index contributed by atoms with van der Waals surface area (Å²) in [6, 6.07) is 3.84. The molecule has 2 unspecified atom stereocenters. The van der Waals surface area contributed by atoms with Crippen molar-refractivity contribution in [1.29, 1.82) is 0 Å². The molecule has 0 bridgehead atoms. The molecule has 1 aromatic carbocycles. The maximum absolute atomic E-state index is 13.1. The molecule has 2 rings (SSSR count). The lowest BCUT2D eigenvalue weighted by Crippen LogP contribution is -2.47. The van der Waals surface area contributed by atoms with Crippen LogP contribution in [0.2, 0.25) is 0 Å². The average Bonchev–Trinajstić information content (AvgIpc) is 2.39. The molecule has 7 heteroatoms. The van der Waals surface area contributed by atoms with Crippen molar-refractivity contribution < 1.29 is 23.0 Å². The van der Waals surface area contributed by atoms with Gasteiger partial charge >= 0.3 is 6.18 Å². The summed E-state index contributed by atoms with van der Waals surface area (Å²) in [6.45, 7) is 2.77. The van der Waals surface area contributed by atoms with Gasteiger partial charge in [0.25, 0.3) is 0 Å². The van der Waals surface area contributed by atoms with Gasteiger partial charge in [0.15, 0.2) is 0 Å². The highest BCUT2D eigenvalue weighted by Crippen LogP contribution is 2.34.